The van der Waals surface area contributed by atoms with Crippen molar-refractivity contribution in [2.45, 2.75) is 19.3 Å². The van der Waals surface area contributed by atoms with Crippen molar-refractivity contribution in [3.05, 3.63) is 72.3 Å². The molecule has 190 valence electrons. The van der Waals surface area contributed by atoms with Crippen LogP contribution in [0, 0.1) is 0 Å². The molecule has 1 fully saturated rings. The molecule has 1 amide bonds. The SMILES string of the molecule is Cn1ccc(Nc2nc(Oc3cccc(NC(=O)/C=C/CN4CCCCC4)c3)cc(-c3cccs3)n2)n1. The number of likely N-dealkylation sites (tertiary alicyclic amines) is 1. The minimum Gasteiger partial charge on any atom is -0.439 e. The number of thiophene rings is 1. The lowest BCUT2D eigenvalue weighted by molar-refractivity contribution is -0.111. The number of carbonyl (C=O) groups excluding carboxylic acids is 1. The first-order valence-electron chi connectivity index (χ1n) is 12.3. The van der Waals surface area contributed by atoms with E-state index in [4.69, 9.17) is 4.74 Å². The molecule has 1 aromatic carbocycles. The van der Waals surface area contributed by atoms with E-state index in [2.05, 4.69) is 30.6 Å². The maximum absolute atomic E-state index is 12.4. The van der Waals surface area contributed by atoms with Crippen LogP contribution in [0.1, 0.15) is 19.3 Å². The van der Waals surface area contributed by atoms with Gasteiger partial charge in [0.1, 0.15) is 5.75 Å². The first kappa shape index (κ1) is 24.7. The van der Waals surface area contributed by atoms with E-state index >= 15 is 0 Å². The number of aryl methyl sites for hydroxylation is 1. The van der Waals surface area contributed by atoms with Crippen LogP contribution in [0.25, 0.3) is 10.6 Å². The number of piperidine rings is 1. The smallest absolute Gasteiger partial charge is 0.248 e. The number of hydrogen-bond acceptors (Lipinski definition) is 8. The number of aromatic nitrogens is 4. The number of amides is 1. The number of hydrogen-bond donors (Lipinski definition) is 2. The Morgan fingerprint density at radius 2 is 2.00 bits per heavy atom. The van der Waals surface area contributed by atoms with Gasteiger partial charge in [-0.2, -0.15) is 10.1 Å². The molecule has 9 nitrogen and oxygen atoms in total. The molecule has 37 heavy (non-hydrogen) atoms. The summed E-state index contributed by atoms with van der Waals surface area (Å²) in [6.07, 6.45) is 9.11. The van der Waals surface area contributed by atoms with Crippen molar-refractivity contribution in [3.63, 3.8) is 0 Å². The second kappa shape index (κ2) is 11.8. The lowest BCUT2D eigenvalue weighted by Crippen LogP contribution is -2.29. The highest BCUT2D eigenvalue weighted by Gasteiger charge is 2.12. The van der Waals surface area contributed by atoms with Gasteiger partial charge in [-0.15, -0.1) is 11.3 Å². The third kappa shape index (κ3) is 7.02. The van der Waals surface area contributed by atoms with Crippen molar-refractivity contribution in [1.82, 2.24) is 24.6 Å². The lowest BCUT2D eigenvalue weighted by Gasteiger charge is -2.24. The van der Waals surface area contributed by atoms with Gasteiger partial charge in [0, 0.05) is 49.8 Å². The molecule has 0 unspecified atom stereocenters. The highest BCUT2D eigenvalue weighted by molar-refractivity contribution is 7.13. The second-order valence-corrected chi connectivity index (χ2v) is 9.72. The summed E-state index contributed by atoms with van der Waals surface area (Å²) in [6, 6.07) is 14.9. The number of nitrogens with one attached hydrogen (secondary N) is 2. The van der Waals surface area contributed by atoms with Gasteiger partial charge >= 0.3 is 0 Å². The van der Waals surface area contributed by atoms with E-state index in [0.717, 1.165) is 30.2 Å². The number of nitrogens with zero attached hydrogens (tertiary/aromatic N) is 5. The van der Waals surface area contributed by atoms with Crippen LogP contribution in [-0.2, 0) is 11.8 Å². The molecule has 0 spiro atoms. The molecular weight excluding hydrogens is 486 g/mol. The second-order valence-electron chi connectivity index (χ2n) is 8.77. The first-order valence-corrected chi connectivity index (χ1v) is 13.2. The average Bonchev–Trinajstić information content (AvgIpc) is 3.57. The van der Waals surface area contributed by atoms with Gasteiger partial charge in [-0.1, -0.05) is 24.6 Å². The van der Waals surface area contributed by atoms with Crippen molar-refractivity contribution in [2.75, 3.05) is 30.3 Å². The largest absolute Gasteiger partial charge is 0.439 e. The van der Waals surface area contributed by atoms with Gasteiger partial charge in [0.15, 0.2) is 5.82 Å². The van der Waals surface area contributed by atoms with Crippen LogP contribution in [-0.4, -0.2) is 50.2 Å². The van der Waals surface area contributed by atoms with Crippen molar-refractivity contribution < 1.29 is 9.53 Å². The zero-order valence-corrected chi connectivity index (χ0v) is 21.4. The summed E-state index contributed by atoms with van der Waals surface area (Å²) in [5.41, 5.74) is 1.38. The van der Waals surface area contributed by atoms with Crippen molar-refractivity contribution >= 4 is 34.7 Å². The summed E-state index contributed by atoms with van der Waals surface area (Å²) in [7, 11) is 1.85. The predicted octanol–water partition coefficient (Wildman–Crippen LogP) is 5.46. The van der Waals surface area contributed by atoms with Gasteiger partial charge in [0.2, 0.25) is 17.7 Å². The summed E-state index contributed by atoms with van der Waals surface area (Å²) in [4.78, 5) is 24.9. The molecular formula is C27H29N7O2S. The van der Waals surface area contributed by atoms with Gasteiger partial charge in [-0.3, -0.25) is 14.4 Å². The van der Waals surface area contributed by atoms with Gasteiger partial charge in [-0.25, -0.2) is 4.98 Å². The average molecular weight is 516 g/mol. The van der Waals surface area contributed by atoms with Crippen molar-refractivity contribution in [2.24, 2.45) is 7.05 Å². The van der Waals surface area contributed by atoms with E-state index in [-0.39, 0.29) is 5.91 Å². The molecule has 1 aliphatic rings. The summed E-state index contributed by atoms with van der Waals surface area (Å²) < 4.78 is 7.80. The minimum absolute atomic E-state index is 0.168. The van der Waals surface area contributed by atoms with Crippen LogP contribution >= 0.6 is 11.3 Å². The molecule has 4 heterocycles. The Bertz CT molecular complexity index is 1360. The van der Waals surface area contributed by atoms with Gasteiger partial charge < -0.3 is 15.4 Å². The van der Waals surface area contributed by atoms with Gasteiger partial charge in [0.25, 0.3) is 0 Å². The number of anilines is 3. The maximum atomic E-state index is 12.4. The van der Waals surface area contributed by atoms with Gasteiger partial charge in [0.05, 0.1) is 10.6 Å². The third-order valence-corrected chi connectivity index (χ3v) is 6.73. The Balaban J connectivity index is 1.28. The molecule has 2 N–H and O–H groups in total. The Kier molecular flexibility index (Phi) is 7.87. The van der Waals surface area contributed by atoms with E-state index in [0.29, 0.717) is 29.1 Å². The van der Waals surface area contributed by atoms with Crippen molar-refractivity contribution in [3.8, 4) is 22.2 Å². The molecule has 10 heteroatoms. The molecule has 0 bridgehead atoms. The fourth-order valence-electron chi connectivity index (χ4n) is 4.07. The zero-order valence-electron chi connectivity index (χ0n) is 20.6. The van der Waals surface area contributed by atoms with Crippen LogP contribution in [0.15, 0.2) is 72.3 Å². The first-order chi connectivity index (χ1) is 18.1. The molecule has 1 aliphatic heterocycles. The van der Waals surface area contributed by atoms with Crippen LogP contribution in [0.4, 0.5) is 17.5 Å². The van der Waals surface area contributed by atoms with E-state index in [1.165, 1.54) is 19.3 Å². The van der Waals surface area contributed by atoms with Crippen LogP contribution in [0.2, 0.25) is 0 Å². The molecule has 0 saturated carbocycles. The summed E-state index contributed by atoms with van der Waals surface area (Å²) in [5.74, 6) is 1.77. The summed E-state index contributed by atoms with van der Waals surface area (Å²) in [5, 5.41) is 12.4. The zero-order chi connectivity index (χ0) is 25.5. The highest BCUT2D eigenvalue weighted by Crippen LogP contribution is 2.30. The number of ether oxygens (including phenoxy) is 1. The van der Waals surface area contributed by atoms with E-state index in [9.17, 15) is 4.79 Å². The van der Waals surface area contributed by atoms with Crippen LogP contribution in [0.5, 0.6) is 11.6 Å². The molecule has 0 atom stereocenters. The minimum atomic E-state index is -0.168. The number of benzene rings is 1. The monoisotopic (exact) mass is 515 g/mol. The molecule has 5 rings (SSSR count). The molecule has 0 radical (unpaired) electrons. The molecule has 1 saturated heterocycles. The van der Waals surface area contributed by atoms with Crippen molar-refractivity contribution in [1.29, 1.82) is 0 Å². The third-order valence-electron chi connectivity index (χ3n) is 5.84. The fraction of sp³-hybridized carbons (Fsp3) is 0.259. The Morgan fingerprint density at radius 1 is 1.11 bits per heavy atom. The molecule has 3 aromatic heterocycles. The summed E-state index contributed by atoms with van der Waals surface area (Å²) >= 11 is 1.58. The maximum Gasteiger partial charge on any atom is 0.248 e. The predicted molar refractivity (Wildman–Crippen MR) is 146 cm³/mol. The molecule has 0 aliphatic carbocycles. The fourth-order valence-corrected chi connectivity index (χ4v) is 4.76. The van der Waals surface area contributed by atoms with Gasteiger partial charge in [-0.05, 0) is 49.5 Å². The number of rotatable bonds is 9. The van der Waals surface area contributed by atoms with E-state index in [1.807, 2.05) is 61.1 Å². The van der Waals surface area contributed by atoms with Crippen LogP contribution < -0.4 is 15.4 Å². The van der Waals surface area contributed by atoms with Crippen LogP contribution in [0.3, 0.4) is 0 Å². The molecule has 4 aromatic rings. The van der Waals surface area contributed by atoms with E-state index < -0.39 is 0 Å². The Hall–Kier alpha value is -4.02. The lowest BCUT2D eigenvalue weighted by atomic mass is 10.1. The standard InChI is InChI=1S/C27H29N7O2S/c1-33-16-12-24(32-33)30-27-29-22(23-10-7-17-37-23)19-26(31-27)36-21-9-5-8-20(18-21)28-25(35)11-6-15-34-13-3-2-4-14-34/h5-12,16-19H,2-4,13-15H2,1H3,(H,28,35)(H,29,30,31,32)/b11-6+. The topological polar surface area (TPSA) is 97.2 Å². The normalized spacial score (nSPS) is 14.1. The quantitative estimate of drug-likeness (QED) is 0.286. The Morgan fingerprint density at radius 3 is 2.78 bits per heavy atom. The summed E-state index contributed by atoms with van der Waals surface area (Å²) in [6.45, 7) is 3.00. The number of carbonyl (C=O) groups is 1. The van der Waals surface area contributed by atoms with E-state index in [1.54, 1.807) is 34.2 Å². The Labute approximate surface area is 219 Å². The highest BCUT2D eigenvalue weighted by atomic mass is 32.1.